The Morgan fingerprint density at radius 2 is 1.82 bits per heavy atom. The standard InChI is InChI=1S/C25H32ClF3N8O2S/c1-34(2)11-12-35(3)18-5-6-22(20(26)13-18)36-15-21(31-16-36)23-19(25(27,28)29)14-30-24(33-23)32-17-7-9-37(10-8-17)40(4,38)39/h5-6,13-17H,7-12H2,1-4H3,(H,30,32,33). The highest BCUT2D eigenvalue weighted by Crippen LogP contribution is 2.36. The van der Waals surface area contributed by atoms with E-state index in [1.54, 1.807) is 16.7 Å². The number of nitrogens with zero attached hydrogens (tertiary/aromatic N) is 7. The summed E-state index contributed by atoms with van der Waals surface area (Å²) < 4.78 is 68.1. The van der Waals surface area contributed by atoms with Gasteiger partial charge < -0.3 is 19.7 Å². The van der Waals surface area contributed by atoms with E-state index < -0.39 is 21.8 Å². The normalized spacial score (nSPS) is 15.5. The molecule has 0 atom stereocenters. The summed E-state index contributed by atoms with van der Waals surface area (Å²) in [5.74, 6) is 0.0125. The SMILES string of the molecule is CN(C)CCN(C)c1ccc(-n2cnc(-c3nc(NC4CCN(S(C)(=O)=O)CC4)ncc3C(F)(F)F)c2)c(Cl)c1. The lowest BCUT2D eigenvalue weighted by molar-refractivity contribution is -0.137. The van der Waals surface area contributed by atoms with Gasteiger partial charge in [0.1, 0.15) is 23.3 Å². The van der Waals surface area contributed by atoms with Crippen LogP contribution in [0.25, 0.3) is 17.1 Å². The number of likely N-dealkylation sites (N-methyl/N-ethyl adjacent to an activating group) is 2. The number of aromatic nitrogens is 4. The number of rotatable bonds is 9. The Hall–Kier alpha value is -2.94. The maximum atomic E-state index is 13.9. The van der Waals surface area contributed by atoms with Crippen LogP contribution in [0.1, 0.15) is 18.4 Å². The monoisotopic (exact) mass is 600 g/mol. The summed E-state index contributed by atoms with van der Waals surface area (Å²) in [5.41, 5.74) is 0.0912. The average molecular weight is 601 g/mol. The molecule has 1 saturated heterocycles. The van der Waals surface area contributed by atoms with Gasteiger partial charge in [-0.25, -0.2) is 27.7 Å². The molecule has 3 aromatic rings. The van der Waals surface area contributed by atoms with Gasteiger partial charge in [-0.05, 0) is 45.1 Å². The summed E-state index contributed by atoms with van der Waals surface area (Å²) in [6.45, 7) is 2.26. The van der Waals surface area contributed by atoms with Gasteiger partial charge in [-0.3, -0.25) is 0 Å². The number of halogens is 4. The molecule has 3 heterocycles. The molecule has 0 bridgehead atoms. The van der Waals surface area contributed by atoms with E-state index in [-0.39, 0.29) is 23.4 Å². The number of hydrogen-bond acceptors (Lipinski definition) is 8. The van der Waals surface area contributed by atoms with Crippen molar-refractivity contribution in [3.63, 3.8) is 0 Å². The molecule has 1 aliphatic rings. The third-order valence-electron chi connectivity index (χ3n) is 6.71. The van der Waals surface area contributed by atoms with Crippen LogP contribution in [-0.2, 0) is 16.2 Å². The minimum atomic E-state index is -4.70. The van der Waals surface area contributed by atoms with Crippen LogP contribution >= 0.6 is 11.6 Å². The van der Waals surface area contributed by atoms with Crippen molar-refractivity contribution < 1.29 is 21.6 Å². The number of imidazole rings is 1. The maximum absolute atomic E-state index is 13.9. The van der Waals surface area contributed by atoms with Crippen LogP contribution in [0.2, 0.25) is 5.02 Å². The highest BCUT2D eigenvalue weighted by Gasteiger charge is 2.36. The van der Waals surface area contributed by atoms with Gasteiger partial charge in [-0.1, -0.05) is 11.6 Å². The van der Waals surface area contributed by atoms with Crippen molar-refractivity contribution in [3.05, 3.63) is 47.5 Å². The third kappa shape index (κ3) is 7.22. The van der Waals surface area contributed by atoms with E-state index in [0.29, 0.717) is 36.6 Å². The van der Waals surface area contributed by atoms with E-state index in [4.69, 9.17) is 11.6 Å². The Morgan fingerprint density at radius 3 is 2.42 bits per heavy atom. The zero-order chi connectivity index (χ0) is 29.2. The molecule has 218 valence electrons. The van der Waals surface area contributed by atoms with Crippen LogP contribution in [0, 0.1) is 0 Å². The Morgan fingerprint density at radius 1 is 1.12 bits per heavy atom. The smallest absolute Gasteiger partial charge is 0.373 e. The van der Waals surface area contributed by atoms with Crippen molar-refractivity contribution in [1.29, 1.82) is 0 Å². The van der Waals surface area contributed by atoms with Crippen LogP contribution in [0.3, 0.4) is 0 Å². The van der Waals surface area contributed by atoms with Crippen molar-refractivity contribution in [3.8, 4) is 17.1 Å². The number of hydrogen-bond donors (Lipinski definition) is 1. The molecule has 1 N–H and O–H groups in total. The van der Waals surface area contributed by atoms with Gasteiger partial charge in [-0.15, -0.1) is 0 Å². The molecule has 0 unspecified atom stereocenters. The molecular weight excluding hydrogens is 569 g/mol. The van der Waals surface area contributed by atoms with Crippen molar-refractivity contribution in [2.45, 2.75) is 25.1 Å². The predicted octanol–water partition coefficient (Wildman–Crippen LogP) is 3.84. The first-order chi connectivity index (χ1) is 18.7. The summed E-state index contributed by atoms with van der Waals surface area (Å²) in [6.07, 6.45) is 0.971. The molecular formula is C25H32ClF3N8O2S. The molecule has 0 saturated carbocycles. The van der Waals surface area contributed by atoms with Crippen LogP contribution in [0.5, 0.6) is 0 Å². The van der Waals surface area contributed by atoms with Crippen molar-refractivity contribution in [1.82, 2.24) is 28.7 Å². The van der Waals surface area contributed by atoms with Gasteiger partial charge in [0.05, 0.1) is 17.0 Å². The fraction of sp³-hybridized carbons (Fsp3) is 0.480. The lowest BCUT2D eigenvalue weighted by Crippen LogP contribution is -2.42. The van der Waals surface area contributed by atoms with Gasteiger partial charge in [0.2, 0.25) is 16.0 Å². The largest absolute Gasteiger partial charge is 0.420 e. The molecule has 0 spiro atoms. The van der Waals surface area contributed by atoms with Crippen molar-refractivity contribution in [2.24, 2.45) is 0 Å². The number of piperidine rings is 1. The van der Waals surface area contributed by atoms with E-state index in [1.165, 1.54) is 16.8 Å². The Kier molecular flexibility index (Phi) is 8.93. The number of anilines is 2. The molecule has 15 heteroatoms. The van der Waals surface area contributed by atoms with E-state index >= 15 is 0 Å². The van der Waals surface area contributed by atoms with Crippen LogP contribution in [-0.4, -0.2) is 96.8 Å². The van der Waals surface area contributed by atoms with Gasteiger partial charge >= 0.3 is 6.18 Å². The zero-order valence-corrected chi connectivity index (χ0v) is 24.2. The van der Waals surface area contributed by atoms with Crippen LogP contribution in [0.15, 0.2) is 36.9 Å². The van der Waals surface area contributed by atoms with Gasteiger partial charge in [0.25, 0.3) is 0 Å². The second-order valence-corrected chi connectivity index (χ2v) is 12.5. The van der Waals surface area contributed by atoms with E-state index in [0.717, 1.165) is 31.2 Å². The van der Waals surface area contributed by atoms with Crippen LogP contribution < -0.4 is 10.2 Å². The quantitative estimate of drug-likeness (QED) is 0.396. The lowest BCUT2D eigenvalue weighted by atomic mass is 10.1. The number of sulfonamides is 1. The minimum absolute atomic E-state index is 0.00733. The number of alkyl halides is 3. The lowest BCUT2D eigenvalue weighted by Gasteiger charge is -2.30. The molecule has 4 rings (SSSR count). The first kappa shape index (κ1) is 30.0. The summed E-state index contributed by atoms with van der Waals surface area (Å²) in [4.78, 5) is 16.4. The fourth-order valence-electron chi connectivity index (χ4n) is 4.37. The van der Waals surface area contributed by atoms with Gasteiger partial charge in [0.15, 0.2) is 0 Å². The highest BCUT2D eigenvalue weighted by molar-refractivity contribution is 7.88. The summed E-state index contributed by atoms with van der Waals surface area (Å²) in [7, 11) is 2.64. The number of nitrogens with one attached hydrogen (secondary N) is 1. The molecule has 0 radical (unpaired) electrons. The van der Waals surface area contributed by atoms with E-state index in [9.17, 15) is 21.6 Å². The second-order valence-electron chi connectivity index (χ2n) is 10.1. The third-order valence-corrected chi connectivity index (χ3v) is 8.31. The van der Waals surface area contributed by atoms with E-state index in [2.05, 4.69) is 30.1 Å². The molecule has 2 aromatic heterocycles. The first-order valence-corrected chi connectivity index (χ1v) is 14.8. The Labute approximate surface area is 236 Å². The summed E-state index contributed by atoms with van der Waals surface area (Å²) in [5, 5.41) is 3.47. The maximum Gasteiger partial charge on any atom is 0.420 e. The van der Waals surface area contributed by atoms with E-state index in [1.807, 2.05) is 27.2 Å². The zero-order valence-electron chi connectivity index (χ0n) is 22.7. The molecule has 1 aromatic carbocycles. The number of benzene rings is 1. The molecule has 1 aliphatic heterocycles. The second kappa shape index (κ2) is 11.9. The van der Waals surface area contributed by atoms with Crippen molar-refractivity contribution >= 4 is 33.3 Å². The highest BCUT2D eigenvalue weighted by atomic mass is 35.5. The molecule has 40 heavy (non-hydrogen) atoms. The summed E-state index contributed by atoms with van der Waals surface area (Å²) >= 11 is 6.56. The topological polar surface area (TPSA) is 99.5 Å². The Bertz CT molecular complexity index is 1440. The molecule has 10 nitrogen and oxygen atoms in total. The van der Waals surface area contributed by atoms with Crippen LogP contribution in [0.4, 0.5) is 24.8 Å². The van der Waals surface area contributed by atoms with Crippen molar-refractivity contribution in [2.75, 3.05) is 63.8 Å². The van der Waals surface area contributed by atoms with Gasteiger partial charge in [0, 0.05) is 57.3 Å². The summed E-state index contributed by atoms with van der Waals surface area (Å²) in [6, 6.07) is 5.29. The predicted molar refractivity (Wildman–Crippen MR) is 149 cm³/mol. The minimum Gasteiger partial charge on any atom is -0.373 e. The van der Waals surface area contributed by atoms with Gasteiger partial charge in [-0.2, -0.15) is 13.2 Å². The fourth-order valence-corrected chi connectivity index (χ4v) is 5.51. The average Bonchev–Trinajstić information content (AvgIpc) is 3.36. The molecule has 1 fully saturated rings. The molecule has 0 aliphatic carbocycles. The first-order valence-electron chi connectivity index (χ1n) is 12.6. The molecule has 0 amide bonds. The Balaban J connectivity index is 1.57.